The third-order valence-electron chi connectivity index (χ3n) is 4.14. The fourth-order valence-electron chi connectivity index (χ4n) is 2.53. The number of carbonyl (C=O) groups excluding carboxylic acids is 1. The largest absolute Gasteiger partial charge is 0.469 e. The minimum atomic E-state index is -0.0891. The maximum atomic E-state index is 11.0. The Labute approximate surface area is 167 Å². The van der Waals surface area contributed by atoms with Gasteiger partial charge in [-0.3, -0.25) is 4.79 Å². The van der Waals surface area contributed by atoms with Crippen molar-refractivity contribution >= 4 is 5.97 Å². The Morgan fingerprint density at radius 3 is 1.59 bits per heavy atom. The first-order valence-electron chi connectivity index (χ1n) is 10.6. The van der Waals surface area contributed by atoms with Gasteiger partial charge in [0.1, 0.15) is 0 Å². The molecule has 0 bridgehead atoms. The molecule has 0 unspecified atom stereocenters. The van der Waals surface area contributed by atoms with Crippen molar-refractivity contribution in [3.05, 3.63) is 60.8 Å². The third kappa shape index (κ3) is 22.1. The monoisotopic (exact) mass is 372 g/mol. The molecule has 0 saturated carbocycles. The van der Waals surface area contributed by atoms with E-state index in [1.165, 1.54) is 26.4 Å². The third-order valence-corrected chi connectivity index (χ3v) is 4.14. The number of hydrogen-bond acceptors (Lipinski definition) is 2. The molecule has 0 heterocycles. The summed E-state index contributed by atoms with van der Waals surface area (Å²) in [7, 11) is 1.45. The average molecular weight is 373 g/mol. The molecule has 0 atom stereocenters. The highest BCUT2D eigenvalue weighted by molar-refractivity contribution is 5.68. The normalized spacial score (nSPS) is 12.5. The van der Waals surface area contributed by atoms with Gasteiger partial charge in [0.25, 0.3) is 0 Å². The van der Waals surface area contributed by atoms with Crippen LogP contribution in [0.25, 0.3) is 0 Å². The van der Waals surface area contributed by atoms with Crippen molar-refractivity contribution in [2.45, 2.75) is 84.0 Å². The molecule has 0 N–H and O–H groups in total. The highest BCUT2D eigenvalue weighted by Crippen LogP contribution is 2.08. The smallest absolute Gasteiger partial charge is 0.305 e. The zero-order valence-corrected chi connectivity index (χ0v) is 17.6. The maximum absolute atomic E-state index is 11.0. The SMILES string of the molecule is CC/C=C\C/C=C\C/C=C\C/C=C\C/C=C\CCCCCCCC(=O)OC. The van der Waals surface area contributed by atoms with Gasteiger partial charge in [0.2, 0.25) is 0 Å². The fourth-order valence-corrected chi connectivity index (χ4v) is 2.53. The summed E-state index contributed by atoms with van der Waals surface area (Å²) >= 11 is 0. The minimum Gasteiger partial charge on any atom is -0.469 e. The second-order valence-electron chi connectivity index (χ2n) is 6.59. The van der Waals surface area contributed by atoms with Crippen LogP contribution >= 0.6 is 0 Å². The van der Waals surface area contributed by atoms with E-state index in [9.17, 15) is 4.79 Å². The van der Waals surface area contributed by atoms with Crippen LogP contribution in [0.5, 0.6) is 0 Å². The van der Waals surface area contributed by atoms with Gasteiger partial charge >= 0.3 is 5.97 Å². The molecule has 152 valence electrons. The summed E-state index contributed by atoms with van der Waals surface area (Å²) in [6.07, 6.45) is 35.0. The van der Waals surface area contributed by atoms with Crippen molar-refractivity contribution in [2.24, 2.45) is 0 Å². The topological polar surface area (TPSA) is 26.3 Å². The summed E-state index contributed by atoms with van der Waals surface area (Å²) < 4.78 is 4.63. The molecule has 0 aliphatic carbocycles. The second-order valence-corrected chi connectivity index (χ2v) is 6.59. The number of ether oxygens (including phenoxy) is 1. The number of esters is 1. The Kier molecular flexibility index (Phi) is 20.7. The van der Waals surface area contributed by atoms with Gasteiger partial charge in [-0.2, -0.15) is 0 Å². The standard InChI is InChI=1S/C25H40O2/c1-3-4-5-6-7-8-9-10-11-12-13-14-15-16-17-18-19-20-21-22-23-24-25(26)27-2/h4-5,7-8,10-11,13-14,16-17H,3,6,9,12,15,18-24H2,1-2H3/b5-4-,8-7-,11-10-,14-13-,17-16-. The van der Waals surface area contributed by atoms with Gasteiger partial charge in [-0.1, -0.05) is 86.9 Å². The molecule has 0 aromatic carbocycles. The average Bonchev–Trinajstić information content (AvgIpc) is 2.68. The van der Waals surface area contributed by atoms with E-state index in [0.29, 0.717) is 6.42 Å². The van der Waals surface area contributed by atoms with Gasteiger partial charge in [0, 0.05) is 6.42 Å². The van der Waals surface area contributed by atoms with E-state index in [1.807, 2.05) is 0 Å². The second kappa shape index (κ2) is 22.2. The fraction of sp³-hybridized carbons (Fsp3) is 0.560. The summed E-state index contributed by atoms with van der Waals surface area (Å²) in [5, 5.41) is 0. The zero-order chi connectivity index (χ0) is 19.8. The van der Waals surface area contributed by atoms with E-state index in [1.54, 1.807) is 0 Å². The van der Waals surface area contributed by atoms with Gasteiger partial charge in [-0.25, -0.2) is 0 Å². The van der Waals surface area contributed by atoms with Crippen LogP contribution in [-0.2, 0) is 9.53 Å². The maximum Gasteiger partial charge on any atom is 0.305 e. The summed E-state index contributed by atoms with van der Waals surface area (Å²) in [5.74, 6) is -0.0891. The van der Waals surface area contributed by atoms with Crippen LogP contribution in [0.3, 0.4) is 0 Å². The molecule has 0 aliphatic heterocycles. The van der Waals surface area contributed by atoms with E-state index < -0.39 is 0 Å². The number of carbonyl (C=O) groups is 1. The Bertz CT molecular complexity index is 467. The molecule has 0 aromatic rings. The lowest BCUT2D eigenvalue weighted by molar-refractivity contribution is -0.140. The molecule has 0 aromatic heterocycles. The zero-order valence-electron chi connectivity index (χ0n) is 17.6. The first kappa shape index (κ1) is 25.2. The van der Waals surface area contributed by atoms with E-state index in [2.05, 4.69) is 72.4 Å². The quantitative estimate of drug-likeness (QED) is 0.149. The van der Waals surface area contributed by atoms with Crippen LogP contribution in [0.15, 0.2) is 60.8 Å². The van der Waals surface area contributed by atoms with E-state index >= 15 is 0 Å². The van der Waals surface area contributed by atoms with Crippen LogP contribution in [0, 0.1) is 0 Å². The molecule has 0 saturated heterocycles. The summed E-state index contributed by atoms with van der Waals surface area (Å²) in [6, 6.07) is 0. The highest BCUT2D eigenvalue weighted by atomic mass is 16.5. The van der Waals surface area contributed by atoms with Gasteiger partial charge < -0.3 is 4.74 Å². The van der Waals surface area contributed by atoms with Crippen molar-refractivity contribution in [1.29, 1.82) is 0 Å². The number of rotatable bonds is 17. The van der Waals surface area contributed by atoms with Gasteiger partial charge in [-0.15, -0.1) is 0 Å². The molecular formula is C25H40O2. The first-order chi connectivity index (χ1) is 13.3. The molecule has 0 amide bonds. The van der Waals surface area contributed by atoms with Crippen LogP contribution in [-0.4, -0.2) is 13.1 Å². The summed E-state index contributed by atoms with van der Waals surface area (Å²) in [4.78, 5) is 11.0. The minimum absolute atomic E-state index is 0.0891. The van der Waals surface area contributed by atoms with Crippen molar-refractivity contribution in [2.75, 3.05) is 7.11 Å². The van der Waals surface area contributed by atoms with Crippen molar-refractivity contribution in [1.82, 2.24) is 0 Å². The number of allylic oxidation sites excluding steroid dienone is 10. The van der Waals surface area contributed by atoms with Crippen LogP contribution in [0.1, 0.15) is 84.0 Å². The highest BCUT2D eigenvalue weighted by Gasteiger charge is 1.98. The molecular weight excluding hydrogens is 332 g/mol. The lowest BCUT2D eigenvalue weighted by Crippen LogP contribution is -1.98. The van der Waals surface area contributed by atoms with Gasteiger partial charge in [0.05, 0.1) is 7.11 Å². The first-order valence-corrected chi connectivity index (χ1v) is 10.6. The predicted octanol–water partition coefficient (Wildman–Crippen LogP) is 7.64. The Morgan fingerprint density at radius 2 is 1.07 bits per heavy atom. The van der Waals surface area contributed by atoms with Crippen molar-refractivity contribution in [3.63, 3.8) is 0 Å². The Balaban J connectivity index is 3.39. The molecule has 2 nitrogen and oxygen atoms in total. The number of unbranched alkanes of at least 4 members (excludes halogenated alkanes) is 5. The van der Waals surface area contributed by atoms with Gasteiger partial charge in [0.15, 0.2) is 0 Å². The Morgan fingerprint density at radius 1 is 0.630 bits per heavy atom. The summed E-state index contributed by atoms with van der Waals surface area (Å²) in [6.45, 7) is 2.16. The van der Waals surface area contributed by atoms with Crippen molar-refractivity contribution in [3.8, 4) is 0 Å². The van der Waals surface area contributed by atoms with E-state index in [4.69, 9.17) is 0 Å². The molecule has 27 heavy (non-hydrogen) atoms. The summed E-state index contributed by atoms with van der Waals surface area (Å²) in [5.41, 5.74) is 0. The van der Waals surface area contributed by atoms with Gasteiger partial charge in [-0.05, 0) is 51.4 Å². The molecule has 0 fully saturated rings. The molecule has 0 aliphatic rings. The Hall–Kier alpha value is -1.83. The van der Waals surface area contributed by atoms with E-state index in [-0.39, 0.29) is 5.97 Å². The van der Waals surface area contributed by atoms with Crippen LogP contribution in [0.4, 0.5) is 0 Å². The van der Waals surface area contributed by atoms with E-state index in [0.717, 1.165) is 51.4 Å². The van der Waals surface area contributed by atoms with Crippen LogP contribution in [0.2, 0.25) is 0 Å². The molecule has 0 rings (SSSR count). The number of hydrogen-bond donors (Lipinski definition) is 0. The lowest BCUT2D eigenvalue weighted by atomic mass is 10.1. The molecule has 0 radical (unpaired) electrons. The number of methoxy groups -OCH3 is 1. The van der Waals surface area contributed by atoms with Crippen molar-refractivity contribution < 1.29 is 9.53 Å². The predicted molar refractivity (Wildman–Crippen MR) is 119 cm³/mol. The van der Waals surface area contributed by atoms with Crippen LogP contribution < -0.4 is 0 Å². The molecule has 0 spiro atoms. The molecule has 2 heteroatoms. The lowest BCUT2D eigenvalue weighted by Gasteiger charge is -1.99.